The molecule has 0 amide bonds. The normalized spacial score (nSPS) is 17.3. The quantitative estimate of drug-likeness (QED) is 0.337. The Morgan fingerprint density at radius 3 is 1.87 bits per heavy atom. The minimum atomic E-state index is -6.01. The molecule has 206 valence electrons. The van der Waals surface area contributed by atoms with E-state index in [1.54, 1.807) is 5.32 Å². The number of alkyl halides is 9. The highest BCUT2D eigenvalue weighted by Gasteiger charge is 2.62. The maximum atomic E-state index is 13.0. The number of esters is 3. The topological polar surface area (TPSA) is 126 Å². The van der Waals surface area contributed by atoms with Gasteiger partial charge in [0.2, 0.25) is 5.88 Å². The van der Waals surface area contributed by atoms with Crippen molar-refractivity contribution >= 4 is 17.9 Å². The van der Waals surface area contributed by atoms with Crippen LogP contribution in [0.15, 0.2) is 36.7 Å². The molecule has 0 saturated heterocycles. The number of nitrogens with zero attached hydrogens (tertiary/aromatic N) is 2. The maximum absolute atomic E-state index is 13.0. The lowest BCUT2D eigenvalue weighted by atomic mass is 10.1. The summed E-state index contributed by atoms with van der Waals surface area (Å²) in [6.45, 7) is -0.816. The highest BCUT2D eigenvalue weighted by atomic mass is 19.4. The Bertz CT molecular complexity index is 1190. The summed E-state index contributed by atoms with van der Waals surface area (Å²) in [7, 11) is 0. The van der Waals surface area contributed by atoms with Crippen LogP contribution in [0, 0.1) is 0 Å². The lowest BCUT2D eigenvalue weighted by Crippen LogP contribution is -2.63. The van der Waals surface area contributed by atoms with Crippen molar-refractivity contribution in [3.8, 4) is 17.1 Å². The van der Waals surface area contributed by atoms with Gasteiger partial charge in [-0.3, -0.25) is 10.3 Å². The zero-order valence-electron chi connectivity index (χ0n) is 17.9. The van der Waals surface area contributed by atoms with E-state index in [2.05, 4.69) is 24.2 Å². The first kappa shape index (κ1) is 28.4. The van der Waals surface area contributed by atoms with Gasteiger partial charge >= 0.3 is 42.4 Å². The molecule has 0 aliphatic carbocycles. The molecule has 1 aliphatic rings. The van der Waals surface area contributed by atoms with Gasteiger partial charge in [0, 0.05) is 30.1 Å². The van der Waals surface area contributed by atoms with Crippen molar-refractivity contribution in [3.63, 3.8) is 0 Å². The molecule has 0 aromatic carbocycles. The highest BCUT2D eigenvalue weighted by molar-refractivity contribution is 5.79. The predicted molar refractivity (Wildman–Crippen MR) is 97.9 cm³/mol. The molecule has 0 spiro atoms. The van der Waals surface area contributed by atoms with Gasteiger partial charge in [-0.15, -0.1) is 0 Å². The fourth-order valence-electron chi connectivity index (χ4n) is 2.72. The van der Waals surface area contributed by atoms with Crippen molar-refractivity contribution in [1.82, 2.24) is 15.3 Å². The summed E-state index contributed by atoms with van der Waals surface area (Å²) >= 11 is 0. The molecule has 19 heteroatoms. The third kappa shape index (κ3) is 6.39. The van der Waals surface area contributed by atoms with Gasteiger partial charge in [-0.2, -0.15) is 39.5 Å². The van der Waals surface area contributed by atoms with Gasteiger partial charge in [-0.25, -0.2) is 19.4 Å². The van der Waals surface area contributed by atoms with Crippen LogP contribution in [0.25, 0.3) is 11.3 Å². The van der Waals surface area contributed by atoms with Crippen LogP contribution in [0.5, 0.6) is 5.88 Å². The van der Waals surface area contributed by atoms with E-state index in [-0.39, 0.29) is 16.8 Å². The average molecular weight is 563 g/mol. The van der Waals surface area contributed by atoms with Crippen molar-refractivity contribution in [2.75, 3.05) is 0 Å². The Kier molecular flexibility index (Phi) is 7.44. The molecule has 1 atom stereocenters. The summed E-state index contributed by atoms with van der Waals surface area (Å²) in [6.07, 6.45) is -18.6. The van der Waals surface area contributed by atoms with Crippen molar-refractivity contribution in [2.24, 2.45) is 0 Å². The summed E-state index contributed by atoms with van der Waals surface area (Å²) in [5.41, 5.74) is -0.0900. The summed E-state index contributed by atoms with van der Waals surface area (Å²) in [4.78, 5) is 42.2. The molecule has 0 saturated carbocycles. The maximum Gasteiger partial charge on any atom is 0.491 e. The fraction of sp³-hybridized carbons (Fsp3) is 0.316. The summed E-state index contributed by atoms with van der Waals surface area (Å²) < 4.78 is 133. The molecule has 2 aromatic heterocycles. The van der Waals surface area contributed by atoms with E-state index in [0.717, 1.165) is 6.07 Å². The number of carbonyl (C=O) groups excluding carboxylic acids is 3. The molecule has 38 heavy (non-hydrogen) atoms. The number of nitrogens with one attached hydrogen (secondary N) is 1. The molecule has 1 unspecified atom stereocenters. The first-order chi connectivity index (χ1) is 17.4. The van der Waals surface area contributed by atoms with E-state index in [0.29, 0.717) is 0 Å². The Morgan fingerprint density at radius 1 is 0.842 bits per heavy atom. The summed E-state index contributed by atoms with van der Waals surface area (Å²) in [5.74, 6) is -15.4. The number of fused-ring (bicyclic) bond motifs is 1. The first-order valence-corrected chi connectivity index (χ1v) is 9.63. The van der Waals surface area contributed by atoms with E-state index in [1.165, 1.54) is 30.6 Å². The summed E-state index contributed by atoms with van der Waals surface area (Å²) in [5, 5.41) is 1.80. The van der Waals surface area contributed by atoms with Gasteiger partial charge in [0.15, 0.2) is 0 Å². The minimum Gasteiger partial charge on any atom is -0.427 e. The van der Waals surface area contributed by atoms with Crippen LogP contribution in [0.2, 0.25) is 0 Å². The van der Waals surface area contributed by atoms with Crippen LogP contribution < -0.4 is 10.1 Å². The van der Waals surface area contributed by atoms with Crippen LogP contribution in [0.1, 0.15) is 5.56 Å². The number of carbonyl (C=O) groups is 3. The van der Waals surface area contributed by atoms with Gasteiger partial charge in [0.25, 0.3) is 6.23 Å². The monoisotopic (exact) mass is 563 g/mol. The van der Waals surface area contributed by atoms with Gasteiger partial charge in [-0.1, -0.05) is 6.07 Å². The molecule has 3 heterocycles. The standard InChI is InChI=1S/C19H10F9N3O7/c20-16(21,22)13(32)35-12-19(37-14(33)17(23,24)25,38-15(34)18(26,27)28)36-11-9(7-30-12)1-2-10(31-11)8-3-5-29-6-4-8/h1-6,12,30H,7H2. The minimum absolute atomic E-state index is 0.0740. The Balaban J connectivity index is 2.19. The molecule has 1 N–H and O–H groups in total. The third-order valence-corrected chi connectivity index (χ3v) is 4.34. The molecule has 1 aliphatic heterocycles. The predicted octanol–water partition coefficient (Wildman–Crippen LogP) is 2.92. The lowest BCUT2D eigenvalue weighted by molar-refractivity contribution is -0.370. The molecular formula is C19H10F9N3O7. The first-order valence-electron chi connectivity index (χ1n) is 9.63. The average Bonchev–Trinajstić information content (AvgIpc) is 2.94. The number of hydrogen-bond donors (Lipinski definition) is 1. The van der Waals surface area contributed by atoms with E-state index in [1.807, 2.05) is 0 Å². The molecule has 2 aromatic rings. The van der Waals surface area contributed by atoms with Crippen LogP contribution >= 0.6 is 0 Å². The molecule has 0 bridgehead atoms. The van der Waals surface area contributed by atoms with E-state index in [9.17, 15) is 53.9 Å². The van der Waals surface area contributed by atoms with E-state index in [4.69, 9.17) is 4.74 Å². The number of hydrogen-bond acceptors (Lipinski definition) is 10. The zero-order chi connectivity index (χ0) is 28.5. The Labute approximate surface area is 203 Å². The Hall–Kier alpha value is -4.16. The largest absolute Gasteiger partial charge is 0.491 e. The second-order valence-electron chi connectivity index (χ2n) is 7.04. The number of aromatic nitrogens is 2. The van der Waals surface area contributed by atoms with Crippen molar-refractivity contribution < 1.29 is 72.8 Å². The second-order valence-corrected chi connectivity index (χ2v) is 7.04. The lowest BCUT2D eigenvalue weighted by Gasteiger charge is -2.35. The number of ether oxygens (including phenoxy) is 4. The van der Waals surface area contributed by atoms with Crippen molar-refractivity contribution in [3.05, 3.63) is 42.2 Å². The van der Waals surface area contributed by atoms with E-state index < -0.39 is 61.1 Å². The molecule has 0 radical (unpaired) electrons. The smallest absolute Gasteiger partial charge is 0.427 e. The van der Waals surface area contributed by atoms with Gasteiger partial charge in [0.05, 0.1) is 5.69 Å². The van der Waals surface area contributed by atoms with Crippen LogP contribution in [-0.4, -0.2) is 58.6 Å². The zero-order valence-corrected chi connectivity index (χ0v) is 17.9. The highest BCUT2D eigenvalue weighted by Crippen LogP contribution is 2.36. The van der Waals surface area contributed by atoms with Crippen LogP contribution in [0.4, 0.5) is 39.5 Å². The SMILES string of the molecule is O=C(OC1NCc2ccc(-c3ccncc3)nc2OC1(OC(=O)C(F)(F)F)OC(=O)C(F)(F)F)C(F)(F)F. The number of rotatable bonds is 4. The van der Waals surface area contributed by atoms with Gasteiger partial charge < -0.3 is 18.9 Å². The third-order valence-electron chi connectivity index (χ3n) is 4.34. The molecular weight excluding hydrogens is 553 g/mol. The molecule has 10 nitrogen and oxygen atoms in total. The van der Waals surface area contributed by atoms with Crippen molar-refractivity contribution in [2.45, 2.75) is 37.3 Å². The number of pyridine rings is 2. The number of halogens is 9. The second kappa shape index (κ2) is 9.95. The van der Waals surface area contributed by atoms with E-state index >= 15 is 0 Å². The van der Waals surface area contributed by atoms with Gasteiger partial charge in [-0.05, 0) is 18.2 Å². The van der Waals surface area contributed by atoms with Gasteiger partial charge in [0.1, 0.15) is 0 Å². The van der Waals surface area contributed by atoms with Crippen LogP contribution in [-0.2, 0) is 35.1 Å². The molecule has 3 rings (SSSR count). The van der Waals surface area contributed by atoms with Crippen molar-refractivity contribution in [1.29, 1.82) is 0 Å². The van der Waals surface area contributed by atoms with Crippen LogP contribution in [0.3, 0.4) is 0 Å². The fourth-order valence-corrected chi connectivity index (χ4v) is 2.72. The summed E-state index contributed by atoms with van der Waals surface area (Å²) in [6, 6.07) is 5.09. The molecule has 0 fully saturated rings. The Morgan fingerprint density at radius 2 is 1.37 bits per heavy atom.